The summed E-state index contributed by atoms with van der Waals surface area (Å²) in [5.74, 6) is 1.53. The van der Waals surface area contributed by atoms with E-state index in [1.54, 1.807) is 12.0 Å². The van der Waals surface area contributed by atoms with Crippen molar-refractivity contribution in [3.8, 4) is 5.75 Å². The van der Waals surface area contributed by atoms with Crippen LogP contribution in [0.5, 0.6) is 5.75 Å². The van der Waals surface area contributed by atoms with E-state index in [2.05, 4.69) is 0 Å². The van der Waals surface area contributed by atoms with E-state index < -0.39 is 6.10 Å². The van der Waals surface area contributed by atoms with Gasteiger partial charge in [0.1, 0.15) is 12.0 Å². The average molecular weight is 287 g/mol. The van der Waals surface area contributed by atoms with Crippen LogP contribution in [-0.2, 0) is 9.53 Å². The zero-order chi connectivity index (χ0) is 14.3. The first-order valence-corrected chi connectivity index (χ1v) is 7.51. The second-order valence-electron chi connectivity index (χ2n) is 6.55. The largest absolute Gasteiger partial charge is 0.497 e. The second kappa shape index (κ2) is 3.78. The summed E-state index contributed by atoms with van der Waals surface area (Å²) in [5, 5.41) is 10.3. The Bertz CT molecular complexity index is 615. The Morgan fingerprint density at radius 1 is 1.29 bits per heavy atom. The van der Waals surface area contributed by atoms with Gasteiger partial charge in [-0.05, 0) is 42.5 Å². The van der Waals surface area contributed by atoms with E-state index in [-0.39, 0.29) is 36.0 Å². The van der Waals surface area contributed by atoms with Crippen molar-refractivity contribution < 1.29 is 19.4 Å². The highest BCUT2D eigenvalue weighted by Gasteiger charge is 2.72. The number of amides is 1. The number of hydrogen-bond donors (Lipinski definition) is 1. The lowest BCUT2D eigenvalue weighted by molar-refractivity contribution is -0.128. The number of fused-ring (bicyclic) bond motifs is 2. The zero-order valence-electron chi connectivity index (χ0n) is 11.7. The van der Waals surface area contributed by atoms with Gasteiger partial charge in [-0.15, -0.1) is 0 Å². The molecule has 2 aliphatic heterocycles. The summed E-state index contributed by atoms with van der Waals surface area (Å²) in [6.45, 7) is 0. The minimum absolute atomic E-state index is 0.0594. The molecule has 4 aliphatic rings. The summed E-state index contributed by atoms with van der Waals surface area (Å²) in [6, 6.07) is 7.52. The van der Waals surface area contributed by atoms with Gasteiger partial charge in [-0.2, -0.15) is 0 Å². The van der Waals surface area contributed by atoms with Gasteiger partial charge >= 0.3 is 0 Å². The third-order valence-corrected chi connectivity index (χ3v) is 5.87. The maximum atomic E-state index is 12.8. The van der Waals surface area contributed by atoms with Crippen LogP contribution in [-0.4, -0.2) is 36.6 Å². The molecule has 1 aromatic rings. The number of ether oxygens (including phenoxy) is 2. The van der Waals surface area contributed by atoms with Crippen molar-refractivity contribution >= 4 is 11.6 Å². The standard InChI is InChI=1S/C16H17NO4/c1-20-8-4-2-7(3-5-8)17-15(19)11-9-6-10-12(11)16(17)21-14(10)13(9)18/h2-5,9-14,16,18H,6H2,1H3. The molecule has 0 spiro atoms. The summed E-state index contributed by atoms with van der Waals surface area (Å²) < 4.78 is 11.2. The van der Waals surface area contributed by atoms with Gasteiger partial charge in [0.2, 0.25) is 5.91 Å². The van der Waals surface area contributed by atoms with Gasteiger partial charge in [-0.25, -0.2) is 0 Å². The predicted octanol–water partition coefficient (Wildman–Crippen LogP) is 1.01. The molecule has 2 saturated carbocycles. The first-order chi connectivity index (χ1) is 10.2. The zero-order valence-corrected chi connectivity index (χ0v) is 11.7. The van der Waals surface area contributed by atoms with E-state index in [4.69, 9.17) is 9.47 Å². The first kappa shape index (κ1) is 12.0. The molecule has 2 aliphatic carbocycles. The van der Waals surface area contributed by atoms with Crippen LogP contribution < -0.4 is 9.64 Å². The molecule has 110 valence electrons. The van der Waals surface area contributed by atoms with Gasteiger partial charge in [0, 0.05) is 11.6 Å². The van der Waals surface area contributed by atoms with Crippen LogP contribution in [0.1, 0.15) is 6.42 Å². The summed E-state index contributed by atoms with van der Waals surface area (Å²) in [6.07, 6.45) is 0.214. The smallest absolute Gasteiger partial charge is 0.233 e. The molecule has 1 N–H and O–H groups in total. The molecule has 1 aromatic carbocycles. The molecule has 2 saturated heterocycles. The number of benzene rings is 1. The predicted molar refractivity (Wildman–Crippen MR) is 73.7 cm³/mol. The van der Waals surface area contributed by atoms with Crippen molar-refractivity contribution in [3.05, 3.63) is 24.3 Å². The number of nitrogens with zero attached hydrogens (tertiary/aromatic N) is 1. The Balaban J connectivity index is 1.54. The van der Waals surface area contributed by atoms with Crippen molar-refractivity contribution in [3.63, 3.8) is 0 Å². The molecule has 0 aromatic heterocycles. The summed E-state index contributed by atoms with van der Waals surface area (Å²) in [5.41, 5.74) is 0.856. The molecule has 4 fully saturated rings. The summed E-state index contributed by atoms with van der Waals surface area (Å²) in [4.78, 5) is 14.6. The summed E-state index contributed by atoms with van der Waals surface area (Å²) in [7, 11) is 1.62. The molecule has 5 nitrogen and oxygen atoms in total. The van der Waals surface area contributed by atoms with Crippen LogP contribution in [0.4, 0.5) is 5.69 Å². The van der Waals surface area contributed by atoms with Crippen LogP contribution >= 0.6 is 0 Å². The van der Waals surface area contributed by atoms with Crippen LogP contribution in [0.25, 0.3) is 0 Å². The molecule has 7 unspecified atom stereocenters. The first-order valence-electron chi connectivity index (χ1n) is 7.51. The van der Waals surface area contributed by atoms with Gasteiger partial charge < -0.3 is 14.6 Å². The maximum absolute atomic E-state index is 12.8. The van der Waals surface area contributed by atoms with Crippen molar-refractivity contribution in [2.75, 3.05) is 12.0 Å². The fourth-order valence-corrected chi connectivity index (χ4v) is 5.08. The third kappa shape index (κ3) is 1.27. The molecule has 2 bridgehead atoms. The van der Waals surface area contributed by atoms with Gasteiger partial charge in [-0.3, -0.25) is 9.69 Å². The lowest BCUT2D eigenvalue weighted by Crippen LogP contribution is -2.43. The Kier molecular flexibility index (Phi) is 2.16. The Morgan fingerprint density at radius 2 is 2.05 bits per heavy atom. The monoisotopic (exact) mass is 287 g/mol. The lowest BCUT2D eigenvalue weighted by Gasteiger charge is -2.30. The number of methoxy groups -OCH3 is 1. The minimum Gasteiger partial charge on any atom is -0.497 e. The fraction of sp³-hybridized carbons (Fsp3) is 0.562. The van der Waals surface area contributed by atoms with Gasteiger partial charge in [-0.1, -0.05) is 0 Å². The van der Waals surface area contributed by atoms with Gasteiger partial charge in [0.05, 0.1) is 25.2 Å². The highest BCUT2D eigenvalue weighted by atomic mass is 16.5. The average Bonchev–Trinajstić information content (AvgIpc) is 3.17. The van der Waals surface area contributed by atoms with Gasteiger partial charge in [0.15, 0.2) is 0 Å². The SMILES string of the molecule is COc1ccc(N2C(=O)C3C4CC5C(OC2C53)C4O)cc1. The Labute approximate surface area is 122 Å². The van der Waals surface area contributed by atoms with E-state index in [1.165, 1.54) is 0 Å². The van der Waals surface area contributed by atoms with E-state index >= 15 is 0 Å². The van der Waals surface area contributed by atoms with E-state index in [0.29, 0.717) is 5.92 Å². The highest BCUT2D eigenvalue weighted by Crippen LogP contribution is 2.63. The van der Waals surface area contributed by atoms with Gasteiger partial charge in [0.25, 0.3) is 0 Å². The molecule has 5 rings (SSSR count). The molecule has 7 atom stereocenters. The fourth-order valence-electron chi connectivity index (χ4n) is 5.08. The van der Waals surface area contributed by atoms with Crippen LogP contribution in [0.3, 0.4) is 0 Å². The number of rotatable bonds is 2. The molecular formula is C16H17NO4. The van der Waals surface area contributed by atoms with Crippen LogP contribution in [0.2, 0.25) is 0 Å². The highest BCUT2D eigenvalue weighted by molar-refractivity contribution is 5.99. The number of anilines is 1. The van der Waals surface area contributed by atoms with Crippen molar-refractivity contribution in [2.24, 2.45) is 23.7 Å². The summed E-state index contributed by atoms with van der Waals surface area (Å²) >= 11 is 0. The second-order valence-corrected chi connectivity index (χ2v) is 6.55. The van der Waals surface area contributed by atoms with Crippen molar-refractivity contribution in [1.29, 1.82) is 0 Å². The van der Waals surface area contributed by atoms with Crippen molar-refractivity contribution in [1.82, 2.24) is 0 Å². The Hall–Kier alpha value is -1.59. The number of carbonyl (C=O) groups excluding carboxylic acids is 1. The molecular weight excluding hydrogens is 270 g/mol. The normalized spacial score (nSPS) is 45.7. The molecule has 5 heteroatoms. The molecule has 1 amide bonds. The Morgan fingerprint density at radius 3 is 2.76 bits per heavy atom. The number of aliphatic hydroxyl groups excluding tert-OH is 1. The van der Waals surface area contributed by atoms with Crippen molar-refractivity contribution in [2.45, 2.75) is 24.9 Å². The number of carbonyl (C=O) groups is 1. The maximum Gasteiger partial charge on any atom is 0.233 e. The van der Waals surface area contributed by atoms with Crippen LogP contribution in [0.15, 0.2) is 24.3 Å². The number of aliphatic hydroxyl groups is 1. The van der Waals surface area contributed by atoms with E-state index in [9.17, 15) is 9.90 Å². The topological polar surface area (TPSA) is 59.0 Å². The van der Waals surface area contributed by atoms with Crippen LogP contribution in [0, 0.1) is 23.7 Å². The minimum atomic E-state index is -0.455. The molecule has 2 heterocycles. The van der Waals surface area contributed by atoms with E-state index in [0.717, 1.165) is 17.9 Å². The quantitative estimate of drug-likeness (QED) is 0.882. The molecule has 0 radical (unpaired) electrons. The molecule has 21 heavy (non-hydrogen) atoms. The lowest BCUT2D eigenvalue weighted by atomic mass is 9.80. The third-order valence-electron chi connectivity index (χ3n) is 5.87. The number of hydrogen-bond acceptors (Lipinski definition) is 4. The van der Waals surface area contributed by atoms with E-state index in [1.807, 2.05) is 24.3 Å².